The zero-order valence-corrected chi connectivity index (χ0v) is 10.9. The Hall–Kier alpha value is -0.780. The monoisotopic (exact) mass is 266 g/mol. The van der Waals surface area contributed by atoms with Crippen LogP contribution in [-0.4, -0.2) is 42.2 Å². The summed E-state index contributed by atoms with van der Waals surface area (Å²) in [6, 6.07) is 0.219. The minimum atomic E-state index is -4.25. The molecule has 1 aliphatic rings. The van der Waals surface area contributed by atoms with Crippen LogP contribution in [0.25, 0.3) is 0 Å². The lowest BCUT2D eigenvalue weighted by molar-refractivity contribution is -0.151. The lowest BCUT2D eigenvalue weighted by Gasteiger charge is -2.40. The third-order valence-corrected chi connectivity index (χ3v) is 3.41. The van der Waals surface area contributed by atoms with Gasteiger partial charge in [0.2, 0.25) is 5.91 Å². The summed E-state index contributed by atoms with van der Waals surface area (Å²) in [5, 5.41) is 3.31. The molecule has 0 radical (unpaired) electrons. The van der Waals surface area contributed by atoms with Gasteiger partial charge in [-0.1, -0.05) is 13.8 Å². The highest BCUT2D eigenvalue weighted by atomic mass is 19.4. The van der Waals surface area contributed by atoms with E-state index in [0.717, 1.165) is 12.8 Å². The van der Waals surface area contributed by atoms with Crippen molar-refractivity contribution in [1.29, 1.82) is 0 Å². The highest BCUT2D eigenvalue weighted by molar-refractivity contribution is 5.76. The van der Waals surface area contributed by atoms with Crippen LogP contribution in [0.3, 0.4) is 0 Å². The molecule has 0 saturated carbocycles. The van der Waals surface area contributed by atoms with E-state index in [9.17, 15) is 18.0 Å². The van der Waals surface area contributed by atoms with E-state index < -0.39 is 19.0 Å². The molecule has 1 N–H and O–H groups in total. The Balaban J connectivity index is 2.56. The standard InChI is InChI=1S/C12H21F3N2O/c1-3-9-8-17(10(4-2)7-16-9)11(18)5-6-12(13,14)15/h9-10,16H,3-8H2,1-2H3. The van der Waals surface area contributed by atoms with Crippen molar-refractivity contribution in [2.24, 2.45) is 0 Å². The van der Waals surface area contributed by atoms with Gasteiger partial charge in [0, 0.05) is 31.6 Å². The first-order chi connectivity index (χ1) is 8.37. The second-order valence-corrected chi connectivity index (χ2v) is 4.74. The van der Waals surface area contributed by atoms with E-state index in [1.807, 2.05) is 13.8 Å². The van der Waals surface area contributed by atoms with Crippen molar-refractivity contribution in [3.8, 4) is 0 Å². The molecule has 1 aliphatic heterocycles. The number of rotatable bonds is 4. The largest absolute Gasteiger partial charge is 0.389 e. The number of nitrogens with zero attached hydrogens (tertiary/aromatic N) is 1. The number of halogens is 3. The molecule has 2 atom stereocenters. The topological polar surface area (TPSA) is 32.3 Å². The molecule has 1 heterocycles. The molecule has 1 rings (SSSR count). The van der Waals surface area contributed by atoms with Crippen LogP contribution in [0.4, 0.5) is 13.2 Å². The summed E-state index contributed by atoms with van der Waals surface area (Å²) < 4.78 is 36.4. The third kappa shape index (κ3) is 4.48. The van der Waals surface area contributed by atoms with Gasteiger partial charge in [0.25, 0.3) is 0 Å². The number of nitrogens with one attached hydrogen (secondary N) is 1. The second kappa shape index (κ2) is 6.41. The van der Waals surface area contributed by atoms with E-state index in [0.29, 0.717) is 13.1 Å². The van der Waals surface area contributed by atoms with Gasteiger partial charge >= 0.3 is 6.18 Å². The second-order valence-electron chi connectivity index (χ2n) is 4.74. The van der Waals surface area contributed by atoms with Gasteiger partial charge in [0.05, 0.1) is 6.42 Å². The first-order valence-electron chi connectivity index (χ1n) is 6.47. The van der Waals surface area contributed by atoms with Crippen LogP contribution in [0.5, 0.6) is 0 Å². The van der Waals surface area contributed by atoms with E-state index in [4.69, 9.17) is 0 Å². The maximum Gasteiger partial charge on any atom is 0.389 e. The number of hydrogen-bond donors (Lipinski definition) is 1. The summed E-state index contributed by atoms with van der Waals surface area (Å²) in [7, 11) is 0. The molecule has 1 amide bonds. The fraction of sp³-hybridized carbons (Fsp3) is 0.917. The zero-order chi connectivity index (χ0) is 13.8. The number of piperazine rings is 1. The zero-order valence-electron chi connectivity index (χ0n) is 10.9. The quantitative estimate of drug-likeness (QED) is 0.847. The van der Waals surface area contributed by atoms with Gasteiger partial charge < -0.3 is 10.2 Å². The Bertz CT molecular complexity index is 281. The molecule has 1 fully saturated rings. The minimum Gasteiger partial charge on any atom is -0.337 e. The van der Waals surface area contributed by atoms with Crippen molar-refractivity contribution in [2.75, 3.05) is 13.1 Å². The maximum absolute atomic E-state index is 12.1. The molecule has 3 nitrogen and oxygen atoms in total. The van der Waals surface area contributed by atoms with Gasteiger partial charge in [0.1, 0.15) is 0 Å². The van der Waals surface area contributed by atoms with Gasteiger partial charge in [-0.3, -0.25) is 4.79 Å². The third-order valence-electron chi connectivity index (χ3n) is 3.41. The molecule has 0 aliphatic carbocycles. The first kappa shape index (κ1) is 15.3. The fourth-order valence-corrected chi connectivity index (χ4v) is 2.20. The number of amides is 1. The van der Waals surface area contributed by atoms with Crippen molar-refractivity contribution in [1.82, 2.24) is 10.2 Å². The molecule has 0 bridgehead atoms. The predicted octanol–water partition coefficient (Wildman–Crippen LogP) is 2.32. The van der Waals surface area contributed by atoms with Gasteiger partial charge in [0.15, 0.2) is 0 Å². The number of carbonyl (C=O) groups is 1. The summed E-state index contributed by atoms with van der Waals surface area (Å²) in [4.78, 5) is 13.5. The summed E-state index contributed by atoms with van der Waals surface area (Å²) in [6.45, 7) is 5.14. The molecular formula is C12H21F3N2O. The first-order valence-corrected chi connectivity index (χ1v) is 6.47. The molecular weight excluding hydrogens is 245 g/mol. The van der Waals surface area contributed by atoms with Crippen molar-refractivity contribution < 1.29 is 18.0 Å². The Kier molecular flexibility index (Phi) is 5.44. The molecule has 2 unspecified atom stereocenters. The fourth-order valence-electron chi connectivity index (χ4n) is 2.20. The molecule has 106 valence electrons. The minimum absolute atomic E-state index is 0.0218. The number of hydrogen-bond acceptors (Lipinski definition) is 2. The van der Waals surface area contributed by atoms with Crippen LogP contribution < -0.4 is 5.32 Å². The van der Waals surface area contributed by atoms with Gasteiger partial charge in [-0.2, -0.15) is 13.2 Å². The van der Waals surface area contributed by atoms with Crippen LogP contribution in [0.2, 0.25) is 0 Å². The summed E-state index contributed by atoms with van der Waals surface area (Å²) >= 11 is 0. The van der Waals surface area contributed by atoms with Crippen molar-refractivity contribution in [2.45, 2.75) is 57.8 Å². The van der Waals surface area contributed by atoms with Crippen LogP contribution in [-0.2, 0) is 4.79 Å². The van der Waals surface area contributed by atoms with Gasteiger partial charge in [-0.05, 0) is 12.8 Å². The lowest BCUT2D eigenvalue weighted by Crippen LogP contribution is -2.57. The highest BCUT2D eigenvalue weighted by Gasteiger charge is 2.33. The van der Waals surface area contributed by atoms with E-state index >= 15 is 0 Å². The van der Waals surface area contributed by atoms with Gasteiger partial charge in [-0.15, -0.1) is 0 Å². The van der Waals surface area contributed by atoms with E-state index in [1.165, 1.54) is 0 Å². The predicted molar refractivity (Wildman–Crippen MR) is 63.2 cm³/mol. The normalized spacial score (nSPS) is 25.3. The smallest absolute Gasteiger partial charge is 0.337 e. The van der Waals surface area contributed by atoms with E-state index in [2.05, 4.69) is 5.32 Å². The molecule has 0 aromatic heterocycles. The average molecular weight is 266 g/mol. The summed E-state index contributed by atoms with van der Waals surface area (Å²) in [6.07, 6.45) is -4.07. The van der Waals surface area contributed by atoms with Crippen molar-refractivity contribution in [3.63, 3.8) is 0 Å². The summed E-state index contributed by atoms with van der Waals surface area (Å²) in [5.74, 6) is -0.376. The van der Waals surface area contributed by atoms with E-state index in [-0.39, 0.29) is 18.0 Å². The van der Waals surface area contributed by atoms with Crippen molar-refractivity contribution >= 4 is 5.91 Å². The number of carbonyl (C=O) groups excluding carboxylic acids is 1. The van der Waals surface area contributed by atoms with Gasteiger partial charge in [-0.25, -0.2) is 0 Å². The van der Waals surface area contributed by atoms with Crippen molar-refractivity contribution in [3.05, 3.63) is 0 Å². The average Bonchev–Trinajstić information content (AvgIpc) is 2.34. The Morgan fingerprint density at radius 3 is 2.50 bits per heavy atom. The molecule has 0 spiro atoms. The van der Waals surface area contributed by atoms with Crippen LogP contribution in [0, 0.1) is 0 Å². The van der Waals surface area contributed by atoms with Crippen LogP contribution in [0.1, 0.15) is 39.5 Å². The van der Waals surface area contributed by atoms with E-state index in [1.54, 1.807) is 4.90 Å². The Morgan fingerprint density at radius 2 is 2.00 bits per heavy atom. The SMILES string of the molecule is CCC1CN(C(=O)CCC(F)(F)F)C(CC)CN1. The Morgan fingerprint density at radius 1 is 1.33 bits per heavy atom. The summed E-state index contributed by atoms with van der Waals surface area (Å²) in [5.41, 5.74) is 0. The van der Waals surface area contributed by atoms with Crippen LogP contribution >= 0.6 is 0 Å². The molecule has 0 aromatic carbocycles. The molecule has 1 saturated heterocycles. The Labute approximate surface area is 106 Å². The number of alkyl halides is 3. The van der Waals surface area contributed by atoms with Crippen LogP contribution in [0.15, 0.2) is 0 Å². The lowest BCUT2D eigenvalue weighted by atomic mass is 10.0. The molecule has 18 heavy (non-hydrogen) atoms. The maximum atomic E-state index is 12.1. The molecule has 0 aromatic rings. The molecule has 6 heteroatoms. The highest BCUT2D eigenvalue weighted by Crippen LogP contribution is 2.23.